The molecule has 1 saturated heterocycles. The lowest BCUT2D eigenvalue weighted by Gasteiger charge is -2.30. The van der Waals surface area contributed by atoms with Gasteiger partial charge in [-0.2, -0.15) is 5.26 Å². The molecule has 0 spiro atoms. The van der Waals surface area contributed by atoms with Gasteiger partial charge in [0.05, 0.1) is 11.6 Å². The maximum Gasteiger partial charge on any atom is 0.156 e. The Hall–Kier alpha value is -3.17. The normalized spacial score (nSPS) is 17.6. The first kappa shape index (κ1) is 17.3. The summed E-state index contributed by atoms with van der Waals surface area (Å²) in [6, 6.07) is 15.1. The molecule has 2 N–H and O–H groups in total. The van der Waals surface area contributed by atoms with Crippen LogP contribution >= 0.6 is 0 Å². The van der Waals surface area contributed by atoms with Crippen molar-refractivity contribution in [3.8, 4) is 23.1 Å². The summed E-state index contributed by atoms with van der Waals surface area (Å²) < 4.78 is 0. The molecule has 0 aliphatic carbocycles. The van der Waals surface area contributed by atoms with E-state index in [4.69, 9.17) is 5.26 Å². The van der Waals surface area contributed by atoms with E-state index in [0.29, 0.717) is 22.9 Å². The number of anilines is 1. The number of likely N-dealkylation sites (N-methyl/N-ethyl adjacent to an activating group) is 1. The largest absolute Gasteiger partial charge is 0.507 e. The van der Waals surface area contributed by atoms with Crippen LogP contribution in [0, 0.1) is 11.3 Å². The molecule has 1 atom stereocenters. The first-order chi connectivity index (χ1) is 13.2. The first-order valence-electron chi connectivity index (χ1n) is 9.09. The van der Waals surface area contributed by atoms with E-state index in [9.17, 15) is 5.11 Å². The zero-order chi connectivity index (χ0) is 18.8. The van der Waals surface area contributed by atoms with Gasteiger partial charge in [-0.25, -0.2) is 0 Å². The summed E-state index contributed by atoms with van der Waals surface area (Å²) >= 11 is 0. The number of benzene rings is 2. The maximum atomic E-state index is 10.4. The summed E-state index contributed by atoms with van der Waals surface area (Å²) in [5, 5.41) is 33.6. The maximum absolute atomic E-state index is 10.4. The number of rotatable bonds is 3. The molecule has 6 nitrogen and oxygen atoms in total. The SMILES string of the molecule is CN1CCCC(Nc2nnc(-c3ccc(C#N)cc3O)c3ccccc23)C1. The van der Waals surface area contributed by atoms with Crippen LogP contribution in [0.2, 0.25) is 0 Å². The zero-order valence-corrected chi connectivity index (χ0v) is 15.2. The summed E-state index contributed by atoms with van der Waals surface area (Å²) in [6.07, 6.45) is 2.27. The van der Waals surface area contributed by atoms with Crippen molar-refractivity contribution in [2.24, 2.45) is 0 Å². The molecule has 1 aliphatic heterocycles. The number of aromatic hydroxyl groups is 1. The highest BCUT2D eigenvalue weighted by Crippen LogP contribution is 2.35. The molecule has 2 aromatic carbocycles. The van der Waals surface area contributed by atoms with Gasteiger partial charge < -0.3 is 15.3 Å². The van der Waals surface area contributed by atoms with Crippen LogP contribution in [-0.4, -0.2) is 46.4 Å². The van der Waals surface area contributed by atoms with Gasteiger partial charge in [0.1, 0.15) is 11.4 Å². The highest BCUT2D eigenvalue weighted by atomic mass is 16.3. The van der Waals surface area contributed by atoms with Gasteiger partial charge in [-0.3, -0.25) is 0 Å². The monoisotopic (exact) mass is 359 g/mol. The third-order valence-corrected chi connectivity index (χ3v) is 5.03. The second-order valence-electron chi connectivity index (χ2n) is 7.03. The first-order valence-corrected chi connectivity index (χ1v) is 9.09. The predicted molar refractivity (Wildman–Crippen MR) is 105 cm³/mol. The Morgan fingerprint density at radius 3 is 2.74 bits per heavy atom. The average molecular weight is 359 g/mol. The van der Waals surface area contributed by atoms with Gasteiger partial charge in [-0.15, -0.1) is 10.2 Å². The lowest BCUT2D eigenvalue weighted by Crippen LogP contribution is -2.40. The van der Waals surface area contributed by atoms with Crippen molar-refractivity contribution in [3.63, 3.8) is 0 Å². The van der Waals surface area contributed by atoms with Gasteiger partial charge in [0.2, 0.25) is 0 Å². The fourth-order valence-corrected chi connectivity index (χ4v) is 3.69. The van der Waals surface area contributed by atoms with Crippen LogP contribution in [0.1, 0.15) is 18.4 Å². The van der Waals surface area contributed by atoms with Crippen molar-refractivity contribution in [2.75, 3.05) is 25.5 Å². The average Bonchev–Trinajstić information content (AvgIpc) is 2.68. The minimum Gasteiger partial charge on any atom is -0.507 e. The molecule has 2 heterocycles. The van der Waals surface area contributed by atoms with Crippen LogP contribution < -0.4 is 5.32 Å². The molecule has 1 aliphatic rings. The summed E-state index contributed by atoms with van der Waals surface area (Å²) in [5.74, 6) is 0.797. The Balaban J connectivity index is 1.76. The molecular formula is C21H21N5O. The number of phenols is 1. The molecule has 0 amide bonds. The van der Waals surface area contributed by atoms with Crippen LogP contribution in [-0.2, 0) is 0 Å². The molecule has 1 aromatic heterocycles. The van der Waals surface area contributed by atoms with E-state index in [-0.39, 0.29) is 5.75 Å². The van der Waals surface area contributed by atoms with E-state index >= 15 is 0 Å². The number of nitrogens with one attached hydrogen (secondary N) is 1. The Morgan fingerprint density at radius 1 is 1.19 bits per heavy atom. The van der Waals surface area contributed by atoms with Crippen molar-refractivity contribution in [2.45, 2.75) is 18.9 Å². The third-order valence-electron chi connectivity index (χ3n) is 5.03. The number of aromatic nitrogens is 2. The van der Waals surface area contributed by atoms with Gasteiger partial charge in [0, 0.05) is 28.9 Å². The van der Waals surface area contributed by atoms with Crippen molar-refractivity contribution in [1.29, 1.82) is 5.26 Å². The molecule has 4 rings (SSSR count). The number of fused-ring (bicyclic) bond motifs is 1. The third kappa shape index (κ3) is 3.42. The molecule has 0 radical (unpaired) electrons. The second-order valence-corrected chi connectivity index (χ2v) is 7.03. The standard InChI is InChI=1S/C21H21N5O/c1-26-10-4-5-15(13-26)23-21-17-7-3-2-6-16(17)20(24-25-21)18-9-8-14(12-22)11-19(18)27/h2-3,6-9,11,15,27H,4-5,10,13H2,1H3,(H,23,25). The number of nitrogens with zero attached hydrogens (tertiary/aromatic N) is 4. The lowest BCUT2D eigenvalue weighted by atomic mass is 10.0. The molecule has 1 fully saturated rings. The van der Waals surface area contributed by atoms with Gasteiger partial charge >= 0.3 is 0 Å². The highest BCUT2D eigenvalue weighted by molar-refractivity contribution is 6.00. The molecule has 6 heteroatoms. The molecule has 1 unspecified atom stereocenters. The molecule has 27 heavy (non-hydrogen) atoms. The number of phenolic OH excluding ortho intramolecular Hbond substituents is 1. The summed E-state index contributed by atoms with van der Waals surface area (Å²) in [4.78, 5) is 2.32. The summed E-state index contributed by atoms with van der Waals surface area (Å²) in [5.41, 5.74) is 1.59. The van der Waals surface area contributed by atoms with E-state index in [1.807, 2.05) is 30.3 Å². The number of hydrogen-bond acceptors (Lipinski definition) is 6. The van der Waals surface area contributed by atoms with Gasteiger partial charge in [0.15, 0.2) is 5.82 Å². The van der Waals surface area contributed by atoms with Gasteiger partial charge in [-0.05, 0) is 44.6 Å². The number of likely N-dealkylation sites (tertiary alicyclic amines) is 1. The molecule has 0 bridgehead atoms. The second kappa shape index (κ2) is 7.22. The Kier molecular flexibility index (Phi) is 4.61. The van der Waals surface area contributed by atoms with E-state index in [1.165, 1.54) is 6.07 Å². The topological polar surface area (TPSA) is 85.1 Å². The predicted octanol–water partition coefficient (Wildman–Crippen LogP) is 3.38. The van der Waals surface area contributed by atoms with E-state index < -0.39 is 0 Å². The number of nitriles is 1. The van der Waals surface area contributed by atoms with Crippen LogP contribution in [0.5, 0.6) is 5.75 Å². The molecule has 0 saturated carbocycles. The molecular weight excluding hydrogens is 338 g/mol. The highest BCUT2D eigenvalue weighted by Gasteiger charge is 2.20. The number of piperidine rings is 1. The molecule has 136 valence electrons. The Morgan fingerprint density at radius 2 is 2.00 bits per heavy atom. The fourth-order valence-electron chi connectivity index (χ4n) is 3.69. The summed E-state index contributed by atoms with van der Waals surface area (Å²) in [7, 11) is 2.13. The van der Waals surface area contributed by atoms with Crippen molar-refractivity contribution >= 4 is 16.6 Å². The van der Waals surface area contributed by atoms with Crippen LogP contribution in [0.4, 0.5) is 5.82 Å². The lowest BCUT2D eigenvalue weighted by molar-refractivity contribution is 0.261. The quantitative estimate of drug-likeness (QED) is 0.746. The van der Waals surface area contributed by atoms with Crippen LogP contribution in [0.3, 0.4) is 0 Å². The Labute approximate surface area is 158 Å². The van der Waals surface area contributed by atoms with Crippen molar-refractivity contribution in [1.82, 2.24) is 15.1 Å². The van der Waals surface area contributed by atoms with E-state index in [0.717, 1.165) is 42.5 Å². The molecule has 3 aromatic rings. The van der Waals surface area contributed by atoms with Crippen molar-refractivity contribution < 1.29 is 5.11 Å². The summed E-state index contributed by atoms with van der Waals surface area (Å²) in [6.45, 7) is 2.11. The van der Waals surface area contributed by atoms with Gasteiger partial charge in [0.25, 0.3) is 0 Å². The fraction of sp³-hybridized carbons (Fsp3) is 0.286. The van der Waals surface area contributed by atoms with E-state index in [1.54, 1.807) is 12.1 Å². The Bertz CT molecular complexity index is 1030. The smallest absolute Gasteiger partial charge is 0.156 e. The van der Waals surface area contributed by atoms with Gasteiger partial charge in [-0.1, -0.05) is 24.3 Å². The minimum absolute atomic E-state index is 0.0307. The number of hydrogen-bond donors (Lipinski definition) is 2. The van der Waals surface area contributed by atoms with Crippen LogP contribution in [0.15, 0.2) is 42.5 Å². The van der Waals surface area contributed by atoms with Crippen LogP contribution in [0.25, 0.3) is 22.0 Å². The van der Waals surface area contributed by atoms with E-state index in [2.05, 4.69) is 27.5 Å². The van der Waals surface area contributed by atoms with Crippen molar-refractivity contribution in [3.05, 3.63) is 48.0 Å². The minimum atomic E-state index is 0.0307. The zero-order valence-electron chi connectivity index (χ0n) is 15.2.